The minimum atomic E-state index is -0.470. The van der Waals surface area contributed by atoms with Crippen molar-refractivity contribution >= 4 is 18.3 Å². The Labute approximate surface area is 146 Å². The first-order chi connectivity index (χ1) is 11.1. The topological polar surface area (TPSA) is 79.3 Å². The number of nitrogens with zero attached hydrogens (tertiary/aromatic N) is 2. The highest BCUT2D eigenvalue weighted by Crippen LogP contribution is 2.35. The maximum Gasteiger partial charge on any atom is 0.249 e. The summed E-state index contributed by atoms with van der Waals surface area (Å²) in [5.41, 5.74) is 6.75. The van der Waals surface area contributed by atoms with Crippen LogP contribution in [0.3, 0.4) is 0 Å². The standard InChI is InChI=1S/C17H20FN3O2.ClH/c18-14-8-11(10-19)7-13(9-14)16-5-6-23-21(16)17(22)12-1-3-15(20)4-2-12;/h7-9,12,15-16H,1-6,20H2;1H/t12?,15?,16-;/m0./s1. The lowest BCUT2D eigenvalue weighted by Gasteiger charge is -2.30. The molecule has 1 amide bonds. The lowest BCUT2D eigenvalue weighted by molar-refractivity contribution is -0.182. The first-order valence-corrected chi connectivity index (χ1v) is 8.00. The summed E-state index contributed by atoms with van der Waals surface area (Å²) >= 11 is 0. The zero-order chi connectivity index (χ0) is 16.4. The van der Waals surface area contributed by atoms with Gasteiger partial charge in [0.25, 0.3) is 0 Å². The molecule has 1 aliphatic carbocycles. The number of hydroxylamine groups is 2. The zero-order valence-electron chi connectivity index (χ0n) is 13.3. The van der Waals surface area contributed by atoms with Crippen molar-refractivity contribution in [3.8, 4) is 6.07 Å². The second kappa shape index (κ2) is 7.93. The van der Waals surface area contributed by atoms with E-state index in [2.05, 4.69) is 0 Å². The Kier molecular flexibility index (Phi) is 6.16. The summed E-state index contributed by atoms with van der Waals surface area (Å²) < 4.78 is 13.7. The number of nitrogens with two attached hydrogens (primary N) is 1. The molecule has 5 nitrogen and oxygen atoms in total. The first kappa shape index (κ1) is 18.7. The van der Waals surface area contributed by atoms with Gasteiger partial charge in [-0.2, -0.15) is 5.26 Å². The lowest BCUT2D eigenvalue weighted by atomic mass is 9.85. The average Bonchev–Trinajstić information content (AvgIpc) is 3.04. The van der Waals surface area contributed by atoms with Gasteiger partial charge in [0.1, 0.15) is 5.82 Å². The van der Waals surface area contributed by atoms with Gasteiger partial charge in [-0.05, 0) is 49.4 Å². The van der Waals surface area contributed by atoms with Crippen LogP contribution in [-0.4, -0.2) is 23.6 Å². The fraction of sp³-hybridized carbons (Fsp3) is 0.529. The van der Waals surface area contributed by atoms with Crippen LogP contribution < -0.4 is 5.73 Å². The second-order valence-corrected chi connectivity index (χ2v) is 6.30. The molecule has 1 aromatic rings. The number of carbonyl (C=O) groups excluding carboxylic acids is 1. The molecule has 1 aromatic carbocycles. The predicted octanol–water partition coefficient (Wildman–Crippen LogP) is 2.84. The van der Waals surface area contributed by atoms with Crippen molar-refractivity contribution in [3.05, 3.63) is 35.1 Å². The van der Waals surface area contributed by atoms with Gasteiger partial charge < -0.3 is 5.73 Å². The van der Waals surface area contributed by atoms with E-state index in [-0.39, 0.29) is 41.9 Å². The molecule has 130 valence electrons. The molecule has 1 saturated carbocycles. The molecule has 0 spiro atoms. The van der Waals surface area contributed by atoms with E-state index < -0.39 is 5.82 Å². The number of rotatable bonds is 2. The van der Waals surface area contributed by atoms with Crippen molar-refractivity contribution < 1.29 is 14.0 Å². The quantitative estimate of drug-likeness (QED) is 0.886. The van der Waals surface area contributed by atoms with Gasteiger partial charge in [0.2, 0.25) is 5.91 Å². The van der Waals surface area contributed by atoms with Crippen LogP contribution >= 0.6 is 12.4 Å². The van der Waals surface area contributed by atoms with E-state index >= 15 is 0 Å². The summed E-state index contributed by atoms with van der Waals surface area (Å²) in [6.07, 6.45) is 3.81. The van der Waals surface area contributed by atoms with Gasteiger partial charge in [-0.15, -0.1) is 12.4 Å². The van der Waals surface area contributed by atoms with Crippen LogP contribution in [0.4, 0.5) is 4.39 Å². The van der Waals surface area contributed by atoms with Crippen LogP contribution in [0.1, 0.15) is 49.3 Å². The van der Waals surface area contributed by atoms with Crippen LogP contribution in [0.15, 0.2) is 18.2 Å². The number of halogens is 2. The van der Waals surface area contributed by atoms with Crippen LogP contribution in [0, 0.1) is 23.1 Å². The minimum absolute atomic E-state index is 0. The molecule has 2 fully saturated rings. The Balaban J connectivity index is 0.00000208. The number of nitriles is 1. The Hall–Kier alpha value is -1.68. The van der Waals surface area contributed by atoms with E-state index in [4.69, 9.17) is 15.8 Å². The van der Waals surface area contributed by atoms with Crippen molar-refractivity contribution in [2.45, 2.75) is 44.2 Å². The van der Waals surface area contributed by atoms with Crippen molar-refractivity contribution in [2.24, 2.45) is 11.7 Å². The molecule has 0 unspecified atom stereocenters. The largest absolute Gasteiger partial charge is 0.328 e. The fourth-order valence-corrected chi connectivity index (χ4v) is 3.40. The Morgan fingerprint density at radius 3 is 2.62 bits per heavy atom. The van der Waals surface area contributed by atoms with E-state index in [1.54, 1.807) is 6.07 Å². The lowest BCUT2D eigenvalue weighted by Crippen LogP contribution is -2.38. The summed E-state index contributed by atoms with van der Waals surface area (Å²) in [5, 5.41) is 10.4. The number of benzene rings is 1. The molecular formula is C17H21ClFN3O2. The number of hydrogen-bond acceptors (Lipinski definition) is 4. The van der Waals surface area contributed by atoms with Gasteiger partial charge in [-0.3, -0.25) is 9.63 Å². The third-order valence-corrected chi connectivity index (χ3v) is 4.68. The predicted molar refractivity (Wildman–Crippen MR) is 88.5 cm³/mol. The molecule has 1 saturated heterocycles. The molecule has 1 aliphatic heterocycles. The molecule has 2 aliphatic rings. The molecule has 24 heavy (non-hydrogen) atoms. The zero-order valence-corrected chi connectivity index (χ0v) is 14.1. The van der Waals surface area contributed by atoms with E-state index in [0.717, 1.165) is 25.7 Å². The number of carbonyl (C=O) groups is 1. The van der Waals surface area contributed by atoms with Gasteiger partial charge in [0, 0.05) is 18.4 Å². The van der Waals surface area contributed by atoms with E-state index in [1.165, 1.54) is 17.2 Å². The highest BCUT2D eigenvalue weighted by Gasteiger charge is 2.37. The Morgan fingerprint density at radius 2 is 1.96 bits per heavy atom. The molecule has 7 heteroatoms. The fourth-order valence-electron chi connectivity index (χ4n) is 3.40. The normalized spacial score (nSPS) is 26.5. The Morgan fingerprint density at radius 1 is 1.25 bits per heavy atom. The maximum atomic E-state index is 13.7. The molecule has 1 heterocycles. The summed E-state index contributed by atoms with van der Waals surface area (Å²) in [7, 11) is 0. The van der Waals surface area contributed by atoms with Crippen LogP contribution in [0.25, 0.3) is 0 Å². The molecule has 1 atom stereocenters. The van der Waals surface area contributed by atoms with Gasteiger partial charge >= 0.3 is 0 Å². The summed E-state index contributed by atoms with van der Waals surface area (Å²) in [6.45, 7) is 0.418. The van der Waals surface area contributed by atoms with E-state index in [1.807, 2.05) is 6.07 Å². The SMILES string of the molecule is Cl.N#Cc1cc(F)cc([C@@H]2CCON2C(=O)C2CCC(N)CC2)c1. The number of amides is 1. The van der Waals surface area contributed by atoms with Crippen molar-refractivity contribution in [1.82, 2.24) is 5.06 Å². The molecule has 3 rings (SSSR count). The molecule has 0 aromatic heterocycles. The maximum absolute atomic E-state index is 13.7. The van der Waals surface area contributed by atoms with Crippen molar-refractivity contribution in [3.63, 3.8) is 0 Å². The van der Waals surface area contributed by atoms with Crippen molar-refractivity contribution in [1.29, 1.82) is 5.26 Å². The van der Waals surface area contributed by atoms with Gasteiger partial charge in [0.05, 0.1) is 24.3 Å². The highest BCUT2D eigenvalue weighted by atomic mass is 35.5. The summed E-state index contributed by atoms with van der Waals surface area (Å²) in [4.78, 5) is 18.3. The molecule has 0 bridgehead atoms. The highest BCUT2D eigenvalue weighted by molar-refractivity contribution is 5.85. The van der Waals surface area contributed by atoms with Crippen LogP contribution in [0.2, 0.25) is 0 Å². The second-order valence-electron chi connectivity index (χ2n) is 6.30. The van der Waals surface area contributed by atoms with Crippen LogP contribution in [0.5, 0.6) is 0 Å². The monoisotopic (exact) mass is 353 g/mol. The summed E-state index contributed by atoms with van der Waals surface area (Å²) in [6, 6.07) is 5.98. The van der Waals surface area contributed by atoms with Gasteiger partial charge in [-0.1, -0.05) is 0 Å². The third kappa shape index (κ3) is 3.86. The average molecular weight is 354 g/mol. The van der Waals surface area contributed by atoms with Gasteiger partial charge in [-0.25, -0.2) is 9.45 Å². The minimum Gasteiger partial charge on any atom is -0.328 e. The molecule has 2 N–H and O–H groups in total. The van der Waals surface area contributed by atoms with Crippen molar-refractivity contribution in [2.75, 3.05) is 6.61 Å². The Bertz CT molecular complexity index is 641. The first-order valence-electron chi connectivity index (χ1n) is 8.00. The van der Waals surface area contributed by atoms with E-state index in [9.17, 15) is 9.18 Å². The van der Waals surface area contributed by atoms with Gasteiger partial charge in [0.15, 0.2) is 0 Å². The third-order valence-electron chi connectivity index (χ3n) is 4.68. The summed E-state index contributed by atoms with van der Waals surface area (Å²) in [5.74, 6) is -0.608. The molecular weight excluding hydrogens is 333 g/mol. The van der Waals surface area contributed by atoms with Crippen LogP contribution in [-0.2, 0) is 9.63 Å². The van der Waals surface area contributed by atoms with E-state index in [0.29, 0.717) is 18.6 Å². The smallest absolute Gasteiger partial charge is 0.249 e. The molecule has 0 radical (unpaired) electrons. The number of hydrogen-bond donors (Lipinski definition) is 1.